The highest BCUT2D eigenvalue weighted by Crippen LogP contribution is 2.22. The number of carbonyl (C=O) groups is 1. The Morgan fingerprint density at radius 3 is 2.50 bits per heavy atom. The van der Waals surface area contributed by atoms with E-state index in [4.69, 9.17) is 0 Å². The van der Waals surface area contributed by atoms with E-state index in [-0.39, 0.29) is 0 Å². The average Bonchev–Trinajstić information content (AvgIpc) is 2.36. The van der Waals surface area contributed by atoms with Crippen molar-refractivity contribution < 1.29 is 4.79 Å². The lowest BCUT2D eigenvalue weighted by atomic mass is 10.1. The molecule has 1 aliphatic heterocycles. The third-order valence-electron chi connectivity index (χ3n) is 2.89. The molecule has 0 bridgehead atoms. The molecule has 1 aliphatic rings. The predicted octanol–water partition coefficient (Wildman–Crippen LogP) is 0.799. The summed E-state index contributed by atoms with van der Waals surface area (Å²) in [6.45, 7) is 5.90. The number of nitrogens with zero attached hydrogens (tertiary/aromatic N) is 3. The van der Waals surface area contributed by atoms with Crippen molar-refractivity contribution in [2.75, 3.05) is 20.1 Å². The summed E-state index contributed by atoms with van der Waals surface area (Å²) < 4.78 is 1.99. The van der Waals surface area contributed by atoms with Crippen molar-refractivity contribution in [1.29, 1.82) is 0 Å². The second kappa shape index (κ2) is 3.20. The summed E-state index contributed by atoms with van der Waals surface area (Å²) in [7, 11) is 2.09. The van der Waals surface area contributed by atoms with Crippen LogP contribution >= 0.6 is 0 Å². The summed E-state index contributed by atoms with van der Waals surface area (Å²) in [5, 5.41) is 4.40. The second-order valence-corrected chi connectivity index (χ2v) is 4.02. The zero-order valence-corrected chi connectivity index (χ0v) is 8.82. The SMILES string of the molecule is Cc1nn(C2CN(C)C2)c(C)c1C=O. The molecule has 0 unspecified atom stereocenters. The zero-order chi connectivity index (χ0) is 10.3. The van der Waals surface area contributed by atoms with Crippen LogP contribution in [0.1, 0.15) is 27.8 Å². The van der Waals surface area contributed by atoms with Gasteiger partial charge < -0.3 is 4.90 Å². The van der Waals surface area contributed by atoms with Gasteiger partial charge in [-0.05, 0) is 20.9 Å². The van der Waals surface area contributed by atoms with E-state index in [1.165, 1.54) is 0 Å². The number of aryl methyl sites for hydroxylation is 1. The van der Waals surface area contributed by atoms with Crippen LogP contribution in [0.25, 0.3) is 0 Å². The molecule has 0 aliphatic carbocycles. The Kier molecular flexibility index (Phi) is 2.15. The molecule has 0 amide bonds. The van der Waals surface area contributed by atoms with E-state index in [1.807, 2.05) is 18.5 Å². The lowest BCUT2D eigenvalue weighted by molar-refractivity contribution is 0.112. The maximum atomic E-state index is 10.8. The van der Waals surface area contributed by atoms with Crippen LogP contribution < -0.4 is 0 Å². The highest BCUT2D eigenvalue weighted by molar-refractivity contribution is 5.78. The smallest absolute Gasteiger partial charge is 0.153 e. The first kappa shape index (κ1) is 9.40. The predicted molar refractivity (Wildman–Crippen MR) is 53.6 cm³/mol. The molecule has 1 fully saturated rings. The minimum atomic E-state index is 0.451. The molecular formula is C10H15N3O. The van der Waals surface area contributed by atoms with Crippen molar-refractivity contribution >= 4 is 6.29 Å². The van der Waals surface area contributed by atoms with Gasteiger partial charge >= 0.3 is 0 Å². The first-order valence-corrected chi connectivity index (χ1v) is 4.83. The Hall–Kier alpha value is -1.16. The quantitative estimate of drug-likeness (QED) is 0.652. The summed E-state index contributed by atoms with van der Waals surface area (Å²) in [5.41, 5.74) is 2.59. The first-order valence-electron chi connectivity index (χ1n) is 4.83. The maximum absolute atomic E-state index is 10.8. The van der Waals surface area contributed by atoms with Gasteiger partial charge in [-0.25, -0.2) is 0 Å². The largest absolute Gasteiger partial charge is 0.302 e. The molecule has 76 valence electrons. The van der Waals surface area contributed by atoms with Crippen molar-refractivity contribution in [2.45, 2.75) is 19.9 Å². The molecule has 0 radical (unpaired) electrons. The number of rotatable bonds is 2. The van der Waals surface area contributed by atoms with Gasteiger partial charge in [-0.15, -0.1) is 0 Å². The molecule has 2 rings (SSSR count). The van der Waals surface area contributed by atoms with Crippen LogP contribution in [0.15, 0.2) is 0 Å². The molecule has 0 aromatic carbocycles. The fourth-order valence-electron chi connectivity index (χ4n) is 2.02. The molecule has 0 spiro atoms. The van der Waals surface area contributed by atoms with E-state index in [9.17, 15) is 4.79 Å². The highest BCUT2D eigenvalue weighted by atomic mass is 16.1. The Morgan fingerprint density at radius 1 is 1.43 bits per heavy atom. The van der Waals surface area contributed by atoms with Crippen LogP contribution in [0.4, 0.5) is 0 Å². The lowest BCUT2D eigenvalue weighted by Crippen LogP contribution is -2.45. The van der Waals surface area contributed by atoms with Gasteiger partial charge in [0.1, 0.15) is 0 Å². The Morgan fingerprint density at radius 2 is 2.07 bits per heavy atom. The van der Waals surface area contributed by atoms with Crippen molar-refractivity contribution in [3.8, 4) is 0 Å². The average molecular weight is 193 g/mol. The minimum absolute atomic E-state index is 0.451. The van der Waals surface area contributed by atoms with E-state index in [0.717, 1.165) is 36.3 Å². The van der Waals surface area contributed by atoms with Crippen molar-refractivity contribution in [3.05, 3.63) is 17.0 Å². The maximum Gasteiger partial charge on any atom is 0.153 e. The molecule has 2 heterocycles. The van der Waals surface area contributed by atoms with Gasteiger partial charge in [-0.3, -0.25) is 9.48 Å². The fourth-order valence-corrected chi connectivity index (χ4v) is 2.02. The van der Waals surface area contributed by atoms with Gasteiger partial charge in [-0.1, -0.05) is 0 Å². The van der Waals surface area contributed by atoms with Gasteiger partial charge in [-0.2, -0.15) is 5.10 Å². The molecule has 0 saturated carbocycles. The Labute approximate surface area is 83.5 Å². The fraction of sp³-hybridized carbons (Fsp3) is 0.600. The second-order valence-electron chi connectivity index (χ2n) is 4.02. The monoisotopic (exact) mass is 193 g/mol. The molecule has 14 heavy (non-hydrogen) atoms. The number of likely N-dealkylation sites (tertiary alicyclic amines) is 1. The third-order valence-corrected chi connectivity index (χ3v) is 2.89. The van der Waals surface area contributed by atoms with Crippen LogP contribution in [0.5, 0.6) is 0 Å². The van der Waals surface area contributed by atoms with E-state index in [1.54, 1.807) is 0 Å². The standard InChI is InChI=1S/C10H15N3O/c1-7-10(6-14)8(2)13(11-7)9-4-12(3)5-9/h6,9H,4-5H2,1-3H3. The van der Waals surface area contributed by atoms with Gasteiger partial charge in [0, 0.05) is 18.8 Å². The van der Waals surface area contributed by atoms with Crippen LogP contribution in [0.2, 0.25) is 0 Å². The van der Waals surface area contributed by atoms with E-state index < -0.39 is 0 Å². The van der Waals surface area contributed by atoms with Gasteiger partial charge in [0.25, 0.3) is 0 Å². The molecule has 0 N–H and O–H groups in total. The number of aldehydes is 1. The summed E-state index contributed by atoms with van der Waals surface area (Å²) >= 11 is 0. The molecule has 1 aromatic heterocycles. The summed E-state index contributed by atoms with van der Waals surface area (Å²) in [6, 6.07) is 0.451. The number of likely N-dealkylation sites (N-methyl/N-ethyl adjacent to an activating group) is 1. The van der Waals surface area contributed by atoms with Crippen LogP contribution in [-0.4, -0.2) is 41.1 Å². The van der Waals surface area contributed by atoms with E-state index in [0.29, 0.717) is 6.04 Å². The first-order chi connectivity index (χ1) is 6.63. The number of carbonyl (C=O) groups excluding carboxylic acids is 1. The number of aromatic nitrogens is 2. The van der Waals surface area contributed by atoms with Gasteiger partial charge in [0.2, 0.25) is 0 Å². The van der Waals surface area contributed by atoms with Gasteiger partial charge in [0.05, 0.1) is 17.3 Å². The number of hydrogen-bond acceptors (Lipinski definition) is 3. The number of hydrogen-bond donors (Lipinski definition) is 0. The molecule has 4 nitrogen and oxygen atoms in total. The summed E-state index contributed by atoms with van der Waals surface area (Å²) in [5.74, 6) is 0. The molecule has 1 aromatic rings. The van der Waals surface area contributed by atoms with Crippen LogP contribution in [-0.2, 0) is 0 Å². The third kappa shape index (κ3) is 1.26. The van der Waals surface area contributed by atoms with Crippen LogP contribution in [0, 0.1) is 13.8 Å². The Bertz CT molecular complexity index is 364. The Balaban J connectivity index is 2.31. The lowest BCUT2D eigenvalue weighted by Gasteiger charge is -2.36. The highest BCUT2D eigenvalue weighted by Gasteiger charge is 2.27. The molecule has 1 saturated heterocycles. The topological polar surface area (TPSA) is 38.1 Å². The van der Waals surface area contributed by atoms with Crippen LogP contribution in [0.3, 0.4) is 0 Å². The molecule has 4 heteroatoms. The zero-order valence-electron chi connectivity index (χ0n) is 8.82. The minimum Gasteiger partial charge on any atom is -0.302 e. The van der Waals surface area contributed by atoms with Crippen molar-refractivity contribution in [1.82, 2.24) is 14.7 Å². The van der Waals surface area contributed by atoms with E-state index in [2.05, 4.69) is 17.0 Å². The normalized spacial score (nSPS) is 18.2. The van der Waals surface area contributed by atoms with Gasteiger partial charge in [0.15, 0.2) is 6.29 Å². The summed E-state index contributed by atoms with van der Waals surface area (Å²) in [6.07, 6.45) is 0.899. The molecule has 0 atom stereocenters. The molecular weight excluding hydrogens is 178 g/mol. The van der Waals surface area contributed by atoms with Crippen molar-refractivity contribution in [2.24, 2.45) is 0 Å². The summed E-state index contributed by atoms with van der Waals surface area (Å²) in [4.78, 5) is 13.0. The van der Waals surface area contributed by atoms with Crippen molar-refractivity contribution in [3.63, 3.8) is 0 Å². The van der Waals surface area contributed by atoms with E-state index >= 15 is 0 Å².